The van der Waals surface area contributed by atoms with Gasteiger partial charge >= 0.3 is 5.97 Å². The second-order valence-corrected chi connectivity index (χ2v) is 5.88. The Labute approximate surface area is 102 Å². The van der Waals surface area contributed by atoms with Gasteiger partial charge in [-0.05, 0) is 25.2 Å². The van der Waals surface area contributed by atoms with Crippen LogP contribution in [-0.2, 0) is 9.53 Å². The molecule has 4 nitrogen and oxygen atoms in total. The van der Waals surface area contributed by atoms with Crippen LogP contribution >= 0.6 is 0 Å². The van der Waals surface area contributed by atoms with Gasteiger partial charge in [0.2, 0.25) is 0 Å². The Balaban J connectivity index is 1.80. The van der Waals surface area contributed by atoms with Gasteiger partial charge in [0.25, 0.3) is 0 Å². The number of hydrogen-bond acceptors (Lipinski definition) is 3. The molecule has 2 heterocycles. The van der Waals surface area contributed by atoms with Crippen LogP contribution in [-0.4, -0.2) is 36.9 Å². The molecule has 2 saturated heterocycles. The van der Waals surface area contributed by atoms with Crippen molar-refractivity contribution in [1.82, 2.24) is 5.32 Å². The fraction of sp³-hybridized carbons (Fsp3) is 0.923. The summed E-state index contributed by atoms with van der Waals surface area (Å²) in [5.74, 6) is 0.00705. The minimum atomic E-state index is -0.627. The summed E-state index contributed by atoms with van der Waals surface area (Å²) in [7, 11) is 0. The smallest absolute Gasteiger partial charge is 0.308 e. The fourth-order valence-electron chi connectivity index (χ4n) is 3.70. The number of carboxylic acids is 1. The SMILES string of the molecule is O=C(O)C1CNC(CC2CC2)C12CCOCC2. The van der Waals surface area contributed by atoms with Crippen LogP contribution in [0.1, 0.15) is 32.1 Å². The van der Waals surface area contributed by atoms with Crippen molar-refractivity contribution in [1.29, 1.82) is 0 Å². The highest BCUT2D eigenvalue weighted by Crippen LogP contribution is 2.49. The number of carbonyl (C=O) groups is 1. The van der Waals surface area contributed by atoms with Crippen LogP contribution < -0.4 is 5.32 Å². The molecule has 2 unspecified atom stereocenters. The normalized spacial score (nSPS) is 36.2. The number of ether oxygens (including phenoxy) is 1. The molecule has 1 spiro atoms. The second kappa shape index (κ2) is 4.25. The van der Waals surface area contributed by atoms with Crippen molar-refractivity contribution in [3.8, 4) is 0 Å². The minimum absolute atomic E-state index is 0.0350. The first kappa shape index (κ1) is 11.5. The van der Waals surface area contributed by atoms with E-state index in [9.17, 15) is 9.90 Å². The van der Waals surface area contributed by atoms with E-state index in [1.807, 2.05) is 0 Å². The molecule has 0 aromatic carbocycles. The summed E-state index contributed by atoms with van der Waals surface area (Å²) in [5.41, 5.74) is -0.0350. The molecular weight excluding hydrogens is 218 g/mol. The van der Waals surface area contributed by atoms with Crippen molar-refractivity contribution in [2.75, 3.05) is 19.8 Å². The number of rotatable bonds is 3. The van der Waals surface area contributed by atoms with Crippen molar-refractivity contribution in [2.24, 2.45) is 17.3 Å². The number of carboxylic acid groups (broad SMARTS) is 1. The molecule has 3 rings (SSSR count). The first-order valence-electron chi connectivity index (χ1n) is 6.76. The average molecular weight is 239 g/mol. The van der Waals surface area contributed by atoms with Gasteiger partial charge < -0.3 is 15.2 Å². The maximum absolute atomic E-state index is 11.4. The van der Waals surface area contributed by atoms with Gasteiger partial charge in [-0.25, -0.2) is 0 Å². The van der Waals surface area contributed by atoms with Crippen LogP contribution in [0, 0.1) is 17.3 Å². The maximum Gasteiger partial charge on any atom is 0.308 e. The zero-order valence-electron chi connectivity index (χ0n) is 10.2. The van der Waals surface area contributed by atoms with Crippen LogP contribution in [0.15, 0.2) is 0 Å². The van der Waals surface area contributed by atoms with Gasteiger partial charge in [-0.2, -0.15) is 0 Å². The summed E-state index contributed by atoms with van der Waals surface area (Å²) in [4.78, 5) is 11.4. The summed E-state index contributed by atoms with van der Waals surface area (Å²) in [6.45, 7) is 2.10. The van der Waals surface area contributed by atoms with Crippen LogP contribution in [0.5, 0.6) is 0 Å². The van der Waals surface area contributed by atoms with E-state index in [0.29, 0.717) is 12.6 Å². The first-order valence-corrected chi connectivity index (χ1v) is 6.76. The van der Waals surface area contributed by atoms with Crippen LogP contribution in [0.3, 0.4) is 0 Å². The topological polar surface area (TPSA) is 58.6 Å². The van der Waals surface area contributed by atoms with Gasteiger partial charge in [-0.1, -0.05) is 12.8 Å². The molecule has 1 saturated carbocycles. The molecule has 0 bridgehead atoms. The molecular formula is C13H21NO3. The number of nitrogens with one attached hydrogen (secondary N) is 1. The molecule has 2 aliphatic heterocycles. The quantitative estimate of drug-likeness (QED) is 0.778. The highest BCUT2D eigenvalue weighted by Gasteiger charge is 2.54. The molecule has 0 amide bonds. The Morgan fingerprint density at radius 1 is 1.35 bits per heavy atom. The molecule has 2 atom stereocenters. The molecule has 0 aromatic heterocycles. The Kier molecular flexibility index (Phi) is 2.87. The Morgan fingerprint density at radius 2 is 2.06 bits per heavy atom. The van der Waals surface area contributed by atoms with Crippen molar-refractivity contribution in [3.05, 3.63) is 0 Å². The van der Waals surface area contributed by atoms with E-state index >= 15 is 0 Å². The van der Waals surface area contributed by atoms with Crippen molar-refractivity contribution in [2.45, 2.75) is 38.1 Å². The third-order valence-corrected chi connectivity index (χ3v) is 4.94. The van der Waals surface area contributed by atoms with Gasteiger partial charge in [-0.3, -0.25) is 4.79 Å². The lowest BCUT2D eigenvalue weighted by atomic mass is 9.66. The lowest BCUT2D eigenvalue weighted by molar-refractivity contribution is -0.148. The third kappa shape index (κ3) is 1.97. The molecule has 1 aliphatic carbocycles. The fourth-order valence-corrected chi connectivity index (χ4v) is 3.70. The summed E-state index contributed by atoms with van der Waals surface area (Å²) >= 11 is 0. The lowest BCUT2D eigenvalue weighted by Crippen LogP contribution is -2.46. The highest BCUT2D eigenvalue weighted by molar-refractivity contribution is 5.72. The molecule has 2 N–H and O–H groups in total. The summed E-state index contributed by atoms with van der Waals surface area (Å²) in [6.07, 6.45) is 5.66. The second-order valence-electron chi connectivity index (χ2n) is 5.88. The predicted molar refractivity (Wildman–Crippen MR) is 62.7 cm³/mol. The third-order valence-electron chi connectivity index (χ3n) is 4.94. The predicted octanol–water partition coefficient (Wildman–Crippen LogP) is 1.26. The van der Waals surface area contributed by atoms with Gasteiger partial charge in [0.1, 0.15) is 0 Å². The lowest BCUT2D eigenvalue weighted by Gasteiger charge is -2.41. The van der Waals surface area contributed by atoms with E-state index in [2.05, 4.69) is 5.32 Å². The molecule has 0 aromatic rings. The minimum Gasteiger partial charge on any atom is -0.481 e. The maximum atomic E-state index is 11.4. The Bertz CT molecular complexity index is 308. The van der Waals surface area contributed by atoms with Crippen LogP contribution in [0.25, 0.3) is 0 Å². The monoisotopic (exact) mass is 239 g/mol. The van der Waals surface area contributed by atoms with E-state index in [-0.39, 0.29) is 11.3 Å². The van der Waals surface area contributed by atoms with E-state index in [1.54, 1.807) is 0 Å². The van der Waals surface area contributed by atoms with Crippen LogP contribution in [0.2, 0.25) is 0 Å². The molecule has 96 valence electrons. The number of hydrogen-bond donors (Lipinski definition) is 2. The molecule has 3 aliphatic rings. The summed E-state index contributed by atoms with van der Waals surface area (Å²) < 4.78 is 5.43. The standard InChI is InChI=1S/C13H21NO3/c15-12(16)10-8-14-11(7-9-1-2-9)13(10)3-5-17-6-4-13/h9-11,14H,1-8H2,(H,15,16). The van der Waals surface area contributed by atoms with Gasteiger partial charge in [-0.15, -0.1) is 0 Å². The van der Waals surface area contributed by atoms with E-state index < -0.39 is 5.97 Å². The molecule has 3 fully saturated rings. The van der Waals surface area contributed by atoms with Gasteiger partial charge in [0, 0.05) is 31.2 Å². The Hall–Kier alpha value is -0.610. The van der Waals surface area contributed by atoms with E-state index in [4.69, 9.17) is 4.74 Å². The van der Waals surface area contributed by atoms with Gasteiger partial charge in [0.05, 0.1) is 5.92 Å². The highest BCUT2D eigenvalue weighted by atomic mass is 16.5. The van der Waals surface area contributed by atoms with Crippen molar-refractivity contribution in [3.63, 3.8) is 0 Å². The Morgan fingerprint density at radius 3 is 2.65 bits per heavy atom. The van der Waals surface area contributed by atoms with E-state index in [1.165, 1.54) is 19.3 Å². The average Bonchev–Trinajstić information content (AvgIpc) is 3.06. The van der Waals surface area contributed by atoms with E-state index in [0.717, 1.165) is 32.0 Å². The first-order chi connectivity index (χ1) is 8.22. The summed E-state index contributed by atoms with van der Waals surface area (Å²) in [5, 5.41) is 12.9. The van der Waals surface area contributed by atoms with Crippen molar-refractivity contribution >= 4 is 5.97 Å². The van der Waals surface area contributed by atoms with Gasteiger partial charge in [0.15, 0.2) is 0 Å². The largest absolute Gasteiger partial charge is 0.481 e. The van der Waals surface area contributed by atoms with Crippen LogP contribution in [0.4, 0.5) is 0 Å². The van der Waals surface area contributed by atoms with Crippen molar-refractivity contribution < 1.29 is 14.6 Å². The molecule has 0 radical (unpaired) electrons. The zero-order valence-corrected chi connectivity index (χ0v) is 10.2. The molecule has 4 heteroatoms. The number of aliphatic carboxylic acids is 1. The summed E-state index contributed by atoms with van der Waals surface area (Å²) in [6, 6.07) is 0.403. The molecule has 17 heavy (non-hydrogen) atoms. The zero-order chi connectivity index (χ0) is 11.9.